The van der Waals surface area contributed by atoms with E-state index in [1.54, 1.807) is 18.2 Å². The number of amides is 1. The molecule has 0 bridgehead atoms. The Morgan fingerprint density at radius 2 is 2.20 bits per heavy atom. The van der Waals surface area contributed by atoms with Crippen LogP contribution in [0.15, 0.2) is 22.7 Å². The minimum atomic E-state index is -0.351. The molecule has 4 nitrogen and oxygen atoms in total. The summed E-state index contributed by atoms with van der Waals surface area (Å²) in [5.41, 5.74) is 2.53. The first-order chi connectivity index (χ1) is 7.04. The van der Waals surface area contributed by atoms with Crippen LogP contribution in [0.5, 0.6) is 5.75 Å². The van der Waals surface area contributed by atoms with Gasteiger partial charge in [-0.15, -0.1) is 0 Å². The molecule has 0 saturated heterocycles. The normalized spacial score (nSPS) is 10.2. The number of halogens is 1. The van der Waals surface area contributed by atoms with Crippen LogP contribution in [-0.2, 0) is 0 Å². The van der Waals surface area contributed by atoms with Crippen molar-refractivity contribution in [1.82, 2.24) is 5.43 Å². The van der Waals surface area contributed by atoms with Gasteiger partial charge in [0, 0.05) is 4.47 Å². The number of hydrogen-bond donors (Lipinski definition) is 2. The molecule has 0 unspecified atom stereocenters. The van der Waals surface area contributed by atoms with E-state index in [9.17, 15) is 4.79 Å². The fourth-order valence-electron chi connectivity index (χ4n) is 1.10. The molecule has 82 valence electrons. The first kappa shape index (κ1) is 12.0. The SMILES string of the molecule is CC(C)Oc1ccc(Br)c(C(=O)NN)c1. The van der Waals surface area contributed by atoms with Gasteiger partial charge in [-0.2, -0.15) is 0 Å². The maximum atomic E-state index is 11.4. The average molecular weight is 273 g/mol. The zero-order valence-corrected chi connectivity index (χ0v) is 10.2. The Balaban J connectivity index is 3.00. The van der Waals surface area contributed by atoms with Crippen LogP contribution in [0.1, 0.15) is 24.2 Å². The highest BCUT2D eigenvalue weighted by atomic mass is 79.9. The smallest absolute Gasteiger partial charge is 0.266 e. The monoisotopic (exact) mass is 272 g/mol. The number of nitrogen functional groups attached to an aromatic ring is 1. The van der Waals surface area contributed by atoms with Crippen LogP contribution in [0.4, 0.5) is 0 Å². The largest absolute Gasteiger partial charge is 0.491 e. The lowest BCUT2D eigenvalue weighted by molar-refractivity contribution is 0.0952. The van der Waals surface area contributed by atoms with Crippen LogP contribution < -0.4 is 16.0 Å². The molecular weight excluding hydrogens is 260 g/mol. The summed E-state index contributed by atoms with van der Waals surface area (Å²) in [6, 6.07) is 5.19. The van der Waals surface area contributed by atoms with Gasteiger partial charge < -0.3 is 4.74 Å². The second-order valence-corrected chi connectivity index (χ2v) is 4.14. The molecule has 0 saturated carbocycles. The zero-order valence-electron chi connectivity index (χ0n) is 8.58. The van der Waals surface area contributed by atoms with Gasteiger partial charge in [0.15, 0.2) is 0 Å². The summed E-state index contributed by atoms with van der Waals surface area (Å²) >= 11 is 3.27. The van der Waals surface area contributed by atoms with Gasteiger partial charge in [0.2, 0.25) is 0 Å². The van der Waals surface area contributed by atoms with Crippen molar-refractivity contribution < 1.29 is 9.53 Å². The summed E-state index contributed by atoms with van der Waals surface area (Å²) in [6.45, 7) is 3.84. The van der Waals surface area contributed by atoms with Crippen molar-refractivity contribution in [3.63, 3.8) is 0 Å². The van der Waals surface area contributed by atoms with Gasteiger partial charge in [-0.1, -0.05) is 0 Å². The summed E-state index contributed by atoms with van der Waals surface area (Å²) in [5, 5.41) is 0. The number of carbonyl (C=O) groups excluding carboxylic acids is 1. The Labute approximate surface area is 96.9 Å². The van der Waals surface area contributed by atoms with Gasteiger partial charge in [-0.25, -0.2) is 5.84 Å². The highest BCUT2D eigenvalue weighted by molar-refractivity contribution is 9.10. The Morgan fingerprint density at radius 1 is 1.53 bits per heavy atom. The third kappa shape index (κ3) is 3.21. The predicted molar refractivity (Wildman–Crippen MR) is 61.6 cm³/mol. The minimum Gasteiger partial charge on any atom is -0.491 e. The van der Waals surface area contributed by atoms with Gasteiger partial charge in [-0.05, 0) is 48.0 Å². The van der Waals surface area contributed by atoms with Crippen LogP contribution in [0.2, 0.25) is 0 Å². The summed E-state index contributed by atoms with van der Waals surface area (Å²) in [6.07, 6.45) is 0.0694. The van der Waals surface area contributed by atoms with Crippen molar-refractivity contribution in [2.24, 2.45) is 5.84 Å². The van der Waals surface area contributed by atoms with E-state index in [1.807, 2.05) is 13.8 Å². The van der Waals surface area contributed by atoms with E-state index >= 15 is 0 Å². The van der Waals surface area contributed by atoms with Gasteiger partial charge >= 0.3 is 0 Å². The Bertz CT molecular complexity index is 366. The van der Waals surface area contributed by atoms with Crippen molar-refractivity contribution in [3.8, 4) is 5.75 Å². The molecule has 5 heteroatoms. The van der Waals surface area contributed by atoms with Gasteiger partial charge in [0.1, 0.15) is 5.75 Å². The van der Waals surface area contributed by atoms with E-state index in [0.717, 1.165) is 0 Å². The molecule has 0 aliphatic rings. The number of hydrazine groups is 1. The van der Waals surface area contributed by atoms with Crippen LogP contribution in [0.3, 0.4) is 0 Å². The number of benzene rings is 1. The molecule has 1 aromatic rings. The molecule has 1 rings (SSSR count). The molecular formula is C10H13BrN2O2. The summed E-state index contributed by atoms with van der Waals surface area (Å²) in [7, 11) is 0. The molecule has 0 aromatic heterocycles. The van der Waals surface area contributed by atoms with Crippen LogP contribution in [0, 0.1) is 0 Å². The highest BCUT2D eigenvalue weighted by Crippen LogP contribution is 2.23. The molecule has 0 spiro atoms. The van der Waals surface area contributed by atoms with E-state index in [1.165, 1.54) is 0 Å². The Morgan fingerprint density at radius 3 is 2.73 bits per heavy atom. The van der Waals surface area contributed by atoms with Crippen LogP contribution >= 0.6 is 15.9 Å². The third-order valence-electron chi connectivity index (χ3n) is 1.69. The number of nitrogens with two attached hydrogens (primary N) is 1. The number of carbonyl (C=O) groups is 1. The maximum absolute atomic E-state index is 11.4. The number of nitrogens with one attached hydrogen (secondary N) is 1. The summed E-state index contributed by atoms with van der Waals surface area (Å²) in [5.74, 6) is 5.36. The van der Waals surface area contributed by atoms with E-state index in [0.29, 0.717) is 15.8 Å². The minimum absolute atomic E-state index is 0.0694. The molecule has 0 aliphatic carbocycles. The predicted octanol–water partition coefficient (Wildman–Crippen LogP) is 1.84. The molecule has 0 fully saturated rings. The molecule has 1 aromatic carbocycles. The topological polar surface area (TPSA) is 64.3 Å². The second kappa shape index (κ2) is 5.14. The van der Waals surface area contributed by atoms with E-state index < -0.39 is 0 Å². The van der Waals surface area contributed by atoms with Crippen molar-refractivity contribution in [2.45, 2.75) is 20.0 Å². The number of rotatable bonds is 3. The summed E-state index contributed by atoms with van der Waals surface area (Å²) in [4.78, 5) is 11.4. The Kier molecular flexibility index (Phi) is 4.11. The van der Waals surface area contributed by atoms with Crippen molar-refractivity contribution >= 4 is 21.8 Å². The molecule has 0 heterocycles. The van der Waals surface area contributed by atoms with E-state index in [4.69, 9.17) is 10.6 Å². The van der Waals surface area contributed by atoms with Crippen LogP contribution in [0.25, 0.3) is 0 Å². The number of hydrogen-bond acceptors (Lipinski definition) is 3. The van der Waals surface area contributed by atoms with E-state index in [-0.39, 0.29) is 12.0 Å². The lowest BCUT2D eigenvalue weighted by Crippen LogP contribution is -2.30. The molecule has 1 amide bonds. The van der Waals surface area contributed by atoms with Gasteiger partial charge in [0.25, 0.3) is 5.91 Å². The quantitative estimate of drug-likeness (QED) is 0.501. The van der Waals surface area contributed by atoms with Crippen molar-refractivity contribution in [1.29, 1.82) is 0 Å². The fraction of sp³-hybridized carbons (Fsp3) is 0.300. The maximum Gasteiger partial charge on any atom is 0.266 e. The highest BCUT2D eigenvalue weighted by Gasteiger charge is 2.10. The van der Waals surface area contributed by atoms with Gasteiger partial charge in [0.05, 0.1) is 11.7 Å². The van der Waals surface area contributed by atoms with E-state index in [2.05, 4.69) is 21.4 Å². The second-order valence-electron chi connectivity index (χ2n) is 3.28. The first-order valence-electron chi connectivity index (χ1n) is 4.51. The molecule has 3 N–H and O–H groups in total. The lowest BCUT2D eigenvalue weighted by atomic mass is 10.2. The molecule has 0 aliphatic heterocycles. The molecule has 0 atom stereocenters. The summed E-state index contributed by atoms with van der Waals surface area (Å²) < 4.78 is 6.14. The lowest BCUT2D eigenvalue weighted by Gasteiger charge is -2.11. The standard InChI is InChI=1S/C10H13BrN2O2/c1-6(2)15-7-3-4-9(11)8(5-7)10(14)13-12/h3-6H,12H2,1-2H3,(H,13,14). The zero-order chi connectivity index (χ0) is 11.4. The van der Waals surface area contributed by atoms with Crippen molar-refractivity contribution in [2.75, 3.05) is 0 Å². The Hall–Kier alpha value is -1.07. The molecule has 0 radical (unpaired) electrons. The van der Waals surface area contributed by atoms with Gasteiger partial charge in [-0.3, -0.25) is 10.2 Å². The third-order valence-corrected chi connectivity index (χ3v) is 2.38. The average Bonchev–Trinajstić information content (AvgIpc) is 2.19. The number of ether oxygens (including phenoxy) is 1. The first-order valence-corrected chi connectivity index (χ1v) is 5.31. The van der Waals surface area contributed by atoms with Crippen LogP contribution in [-0.4, -0.2) is 12.0 Å². The van der Waals surface area contributed by atoms with Crippen molar-refractivity contribution in [3.05, 3.63) is 28.2 Å². The molecule has 15 heavy (non-hydrogen) atoms. The fourth-order valence-corrected chi connectivity index (χ4v) is 1.53.